The van der Waals surface area contributed by atoms with E-state index in [-0.39, 0.29) is 0 Å². The van der Waals surface area contributed by atoms with Crippen LogP contribution in [0.5, 0.6) is 0 Å². The number of likely N-dealkylation sites (tertiary alicyclic amines) is 1. The molecule has 2 aliphatic heterocycles. The number of hydrogen-bond acceptors (Lipinski definition) is 3. The molecule has 0 amide bonds. The van der Waals surface area contributed by atoms with Crippen molar-refractivity contribution in [1.82, 2.24) is 4.90 Å². The lowest BCUT2D eigenvalue weighted by Crippen LogP contribution is -2.30. The Hall–Kier alpha value is -0.120. The maximum absolute atomic E-state index is 8.89. The first-order chi connectivity index (χ1) is 7.28. The first-order valence-electron chi connectivity index (χ1n) is 6.26. The summed E-state index contributed by atoms with van der Waals surface area (Å²) >= 11 is 0. The summed E-state index contributed by atoms with van der Waals surface area (Å²) in [4.78, 5) is 2.50. The van der Waals surface area contributed by atoms with Crippen LogP contribution in [0.4, 0.5) is 0 Å². The minimum Gasteiger partial charge on any atom is -0.396 e. The van der Waals surface area contributed by atoms with Crippen LogP contribution in [0, 0.1) is 5.92 Å². The molecule has 1 N–H and O–H groups in total. The highest BCUT2D eigenvalue weighted by atomic mass is 16.5. The molecule has 0 aromatic rings. The summed E-state index contributed by atoms with van der Waals surface area (Å²) < 4.78 is 5.83. The molecule has 3 heteroatoms. The number of aliphatic hydroxyl groups excluding tert-OH is 1. The highest BCUT2D eigenvalue weighted by Gasteiger charge is 2.28. The topological polar surface area (TPSA) is 32.7 Å². The highest BCUT2D eigenvalue weighted by Crippen LogP contribution is 2.24. The van der Waals surface area contributed by atoms with Crippen LogP contribution in [-0.2, 0) is 4.74 Å². The molecule has 2 fully saturated rings. The van der Waals surface area contributed by atoms with Crippen molar-refractivity contribution in [2.45, 2.75) is 44.8 Å². The van der Waals surface area contributed by atoms with Gasteiger partial charge in [-0.2, -0.15) is 0 Å². The van der Waals surface area contributed by atoms with Crippen LogP contribution in [0.1, 0.15) is 32.6 Å². The molecular weight excluding hydrogens is 190 g/mol. The summed E-state index contributed by atoms with van der Waals surface area (Å²) in [6.45, 7) is 5.97. The van der Waals surface area contributed by atoms with E-state index in [9.17, 15) is 0 Å². The van der Waals surface area contributed by atoms with Gasteiger partial charge in [0, 0.05) is 19.7 Å². The third-order valence-electron chi connectivity index (χ3n) is 3.69. The van der Waals surface area contributed by atoms with Gasteiger partial charge in [-0.1, -0.05) is 0 Å². The molecule has 3 unspecified atom stereocenters. The minimum atomic E-state index is 0.343. The van der Waals surface area contributed by atoms with Gasteiger partial charge in [-0.25, -0.2) is 0 Å². The summed E-state index contributed by atoms with van der Waals surface area (Å²) in [5.74, 6) is 0.717. The van der Waals surface area contributed by atoms with Gasteiger partial charge in [0.25, 0.3) is 0 Å². The lowest BCUT2D eigenvalue weighted by Gasteiger charge is -2.20. The highest BCUT2D eigenvalue weighted by molar-refractivity contribution is 4.80. The van der Waals surface area contributed by atoms with E-state index in [2.05, 4.69) is 11.8 Å². The quantitative estimate of drug-likeness (QED) is 0.763. The van der Waals surface area contributed by atoms with Gasteiger partial charge < -0.3 is 14.7 Å². The molecule has 3 atom stereocenters. The molecule has 15 heavy (non-hydrogen) atoms. The monoisotopic (exact) mass is 213 g/mol. The molecular formula is C12H23NO2. The smallest absolute Gasteiger partial charge is 0.0706 e. The van der Waals surface area contributed by atoms with E-state index < -0.39 is 0 Å². The molecule has 0 spiro atoms. The summed E-state index contributed by atoms with van der Waals surface area (Å²) in [7, 11) is 0. The van der Waals surface area contributed by atoms with E-state index >= 15 is 0 Å². The van der Waals surface area contributed by atoms with E-state index in [1.165, 1.54) is 25.8 Å². The first-order valence-corrected chi connectivity index (χ1v) is 6.26. The molecule has 3 nitrogen and oxygen atoms in total. The van der Waals surface area contributed by atoms with Gasteiger partial charge in [0.05, 0.1) is 12.2 Å². The molecule has 2 rings (SSSR count). The predicted molar refractivity (Wildman–Crippen MR) is 59.8 cm³/mol. The van der Waals surface area contributed by atoms with Crippen LogP contribution >= 0.6 is 0 Å². The Balaban J connectivity index is 1.68. The van der Waals surface area contributed by atoms with Gasteiger partial charge in [0.15, 0.2) is 0 Å². The lowest BCUT2D eigenvalue weighted by atomic mass is 10.1. The van der Waals surface area contributed by atoms with Crippen molar-refractivity contribution in [2.75, 3.05) is 26.2 Å². The number of rotatable bonds is 4. The van der Waals surface area contributed by atoms with Gasteiger partial charge >= 0.3 is 0 Å². The number of nitrogens with zero attached hydrogens (tertiary/aromatic N) is 1. The maximum atomic E-state index is 8.89. The first kappa shape index (κ1) is 11.4. The Kier molecular flexibility index (Phi) is 4.00. The van der Waals surface area contributed by atoms with Crippen molar-refractivity contribution in [3.05, 3.63) is 0 Å². The maximum Gasteiger partial charge on any atom is 0.0706 e. The average Bonchev–Trinajstić information content (AvgIpc) is 2.78. The molecule has 2 saturated heterocycles. The second kappa shape index (κ2) is 5.28. The minimum absolute atomic E-state index is 0.343. The third-order valence-corrected chi connectivity index (χ3v) is 3.69. The molecule has 0 bridgehead atoms. The van der Waals surface area contributed by atoms with Crippen molar-refractivity contribution in [1.29, 1.82) is 0 Å². The second-order valence-electron chi connectivity index (χ2n) is 5.07. The Bertz CT molecular complexity index is 198. The summed E-state index contributed by atoms with van der Waals surface area (Å²) in [5.41, 5.74) is 0. The zero-order chi connectivity index (χ0) is 10.7. The van der Waals surface area contributed by atoms with Crippen LogP contribution in [0.3, 0.4) is 0 Å². The van der Waals surface area contributed by atoms with Gasteiger partial charge in [-0.05, 0) is 45.1 Å². The Morgan fingerprint density at radius 2 is 2.20 bits per heavy atom. The van der Waals surface area contributed by atoms with Crippen LogP contribution in [0.25, 0.3) is 0 Å². The molecule has 0 aromatic heterocycles. The molecule has 0 aliphatic carbocycles. The van der Waals surface area contributed by atoms with Crippen molar-refractivity contribution in [3.8, 4) is 0 Å². The van der Waals surface area contributed by atoms with Gasteiger partial charge in [0.2, 0.25) is 0 Å². The average molecular weight is 213 g/mol. The summed E-state index contributed by atoms with van der Waals surface area (Å²) in [6, 6.07) is 0. The van der Waals surface area contributed by atoms with Crippen LogP contribution in [-0.4, -0.2) is 48.5 Å². The largest absolute Gasteiger partial charge is 0.396 e. The van der Waals surface area contributed by atoms with Gasteiger partial charge in [-0.15, -0.1) is 0 Å². The predicted octanol–water partition coefficient (Wildman–Crippen LogP) is 1.26. The fraction of sp³-hybridized carbons (Fsp3) is 1.00. The molecule has 88 valence electrons. The molecule has 2 aliphatic rings. The van der Waals surface area contributed by atoms with Crippen LogP contribution < -0.4 is 0 Å². The van der Waals surface area contributed by atoms with Crippen molar-refractivity contribution >= 4 is 0 Å². The van der Waals surface area contributed by atoms with Crippen LogP contribution in [0.15, 0.2) is 0 Å². The molecule has 0 saturated carbocycles. The Morgan fingerprint density at radius 1 is 1.33 bits per heavy atom. The lowest BCUT2D eigenvalue weighted by molar-refractivity contribution is 0.0352. The van der Waals surface area contributed by atoms with Gasteiger partial charge in [-0.3, -0.25) is 0 Å². The molecule has 0 aromatic carbocycles. The van der Waals surface area contributed by atoms with Crippen LogP contribution in [0.2, 0.25) is 0 Å². The van der Waals surface area contributed by atoms with Crippen molar-refractivity contribution in [3.63, 3.8) is 0 Å². The second-order valence-corrected chi connectivity index (χ2v) is 5.07. The Morgan fingerprint density at radius 3 is 2.87 bits per heavy atom. The fourth-order valence-corrected chi connectivity index (χ4v) is 2.80. The van der Waals surface area contributed by atoms with E-state index in [0.717, 1.165) is 19.5 Å². The summed E-state index contributed by atoms with van der Waals surface area (Å²) in [6.07, 6.45) is 5.60. The van der Waals surface area contributed by atoms with Crippen molar-refractivity contribution < 1.29 is 9.84 Å². The van der Waals surface area contributed by atoms with Crippen molar-refractivity contribution in [2.24, 2.45) is 5.92 Å². The molecule has 0 radical (unpaired) electrons. The number of aliphatic hydroxyl groups is 1. The zero-order valence-corrected chi connectivity index (χ0v) is 9.69. The van der Waals surface area contributed by atoms with E-state index in [1.54, 1.807) is 0 Å². The normalized spacial score (nSPS) is 37.6. The summed E-state index contributed by atoms with van der Waals surface area (Å²) in [5, 5.41) is 8.89. The standard InChI is InChI=1S/C12H23NO2/c1-10-2-3-12(15-10)9-13-6-4-11(8-13)5-7-14/h10-12,14H,2-9H2,1H3. The Labute approximate surface area is 92.4 Å². The van der Waals surface area contributed by atoms with Gasteiger partial charge in [0.1, 0.15) is 0 Å². The molecule has 2 heterocycles. The number of hydrogen-bond donors (Lipinski definition) is 1. The number of ether oxygens (including phenoxy) is 1. The fourth-order valence-electron chi connectivity index (χ4n) is 2.80. The van der Waals surface area contributed by atoms with E-state index in [1.807, 2.05) is 0 Å². The van der Waals surface area contributed by atoms with E-state index in [0.29, 0.717) is 24.7 Å². The van der Waals surface area contributed by atoms with E-state index in [4.69, 9.17) is 9.84 Å². The zero-order valence-electron chi connectivity index (χ0n) is 9.69. The SMILES string of the molecule is CC1CCC(CN2CCC(CCO)C2)O1. The third kappa shape index (κ3) is 3.16.